The highest BCUT2D eigenvalue weighted by molar-refractivity contribution is 7.89. The highest BCUT2D eigenvalue weighted by atomic mass is 32.2. The van der Waals surface area contributed by atoms with E-state index in [1.165, 1.54) is 4.88 Å². The van der Waals surface area contributed by atoms with Crippen LogP contribution in [0.2, 0.25) is 0 Å². The molecule has 0 amide bonds. The Morgan fingerprint density at radius 1 is 1.40 bits per heavy atom. The van der Waals surface area contributed by atoms with Crippen LogP contribution in [0.1, 0.15) is 16.7 Å². The van der Waals surface area contributed by atoms with Crippen LogP contribution in [0.15, 0.2) is 12.1 Å². The van der Waals surface area contributed by atoms with Gasteiger partial charge in [0.25, 0.3) is 0 Å². The number of aliphatic hydroxyl groups excluding tert-OH is 1. The molecule has 0 atom stereocenters. The van der Waals surface area contributed by atoms with Gasteiger partial charge in [-0.3, -0.25) is 0 Å². The van der Waals surface area contributed by atoms with Crippen molar-refractivity contribution >= 4 is 21.4 Å². The minimum absolute atomic E-state index is 0.237. The normalized spacial score (nSPS) is 11.9. The number of aryl methyl sites for hydroxylation is 1. The summed E-state index contributed by atoms with van der Waals surface area (Å²) in [6, 6.07) is 3.92. The van der Waals surface area contributed by atoms with Crippen molar-refractivity contribution in [3.8, 4) is 0 Å². The third kappa shape index (κ3) is 4.29. The Morgan fingerprint density at radius 2 is 2.07 bits per heavy atom. The maximum absolute atomic E-state index is 11.2. The van der Waals surface area contributed by atoms with Gasteiger partial charge in [-0.05, 0) is 18.6 Å². The van der Waals surface area contributed by atoms with Crippen LogP contribution in [0.25, 0.3) is 0 Å². The average Bonchev–Trinajstić information content (AvgIpc) is 2.62. The van der Waals surface area contributed by atoms with Crippen molar-refractivity contribution in [3.05, 3.63) is 21.9 Å². The summed E-state index contributed by atoms with van der Waals surface area (Å²) in [5.74, 6) is -0.237. The van der Waals surface area contributed by atoms with Crippen molar-refractivity contribution in [2.45, 2.75) is 19.9 Å². The Balaban J connectivity index is 2.50. The molecule has 0 saturated carbocycles. The van der Waals surface area contributed by atoms with Gasteiger partial charge in [-0.15, -0.1) is 11.3 Å². The largest absolute Gasteiger partial charge is 0.395 e. The number of hydrogen-bond acceptors (Lipinski definition) is 4. The first-order valence-electron chi connectivity index (χ1n) is 4.73. The fraction of sp³-hybridized carbons (Fsp3) is 0.556. The molecule has 4 nitrogen and oxygen atoms in total. The fourth-order valence-corrected chi connectivity index (χ4v) is 2.83. The van der Waals surface area contributed by atoms with E-state index in [1.807, 2.05) is 12.1 Å². The molecular formula is C9H15NO3S2. The average molecular weight is 249 g/mol. The van der Waals surface area contributed by atoms with E-state index in [2.05, 4.69) is 11.6 Å². The van der Waals surface area contributed by atoms with Crippen molar-refractivity contribution in [3.63, 3.8) is 0 Å². The molecular weight excluding hydrogens is 234 g/mol. The summed E-state index contributed by atoms with van der Waals surface area (Å²) in [4.78, 5) is 2.24. The summed E-state index contributed by atoms with van der Waals surface area (Å²) in [7, 11) is -3.32. The predicted molar refractivity (Wildman–Crippen MR) is 61.4 cm³/mol. The molecule has 0 aliphatic carbocycles. The van der Waals surface area contributed by atoms with Gasteiger partial charge in [0.15, 0.2) is 0 Å². The quantitative estimate of drug-likeness (QED) is 0.781. The second-order valence-corrected chi connectivity index (χ2v) is 6.26. The van der Waals surface area contributed by atoms with E-state index in [4.69, 9.17) is 5.11 Å². The van der Waals surface area contributed by atoms with Gasteiger partial charge in [0.05, 0.1) is 12.4 Å². The summed E-state index contributed by atoms with van der Waals surface area (Å²) in [6.45, 7) is 2.03. The Kier molecular flexibility index (Phi) is 4.72. The van der Waals surface area contributed by atoms with Gasteiger partial charge in [0.1, 0.15) is 0 Å². The van der Waals surface area contributed by atoms with Crippen LogP contribution >= 0.6 is 11.3 Å². The Bertz CT molecular complexity index is 397. The maximum Gasteiger partial charge on any atom is 0.214 e. The molecule has 6 heteroatoms. The van der Waals surface area contributed by atoms with Crippen molar-refractivity contribution in [1.82, 2.24) is 4.72 Å². The molecule has 0 aromatic carbocycles. The second kappa shape index (κ2) is 5.60. The van der Waals surface area contributed by atoms with Crippen LogP contribution in [0, 0.1) is 0 Å². The van der Waals surface area contributed by atoms with Gasteiger partial charge in [-0.2, -0.15) is 0 Å². The van der Waals surface area contributed by atoms with E-state index in [9.17, 15) is 8.42 Å². The lowest BCUT2D eigenvalue weighted by Gasteiger charge is -2.02. The van der Waals surface area contributed by atoms with Gasteiger partial charge in [0.2, 0.25) is 10.0 Å². The molecule has 0 unspecified atom stereocenters. The van der Waals surface area contributed by atoms with E-state index in [-0.39, 0.29) is 12.4 Å². The highest BCUT2D eigenvalue weighted by Crippen LogP contribution is 2.16. The summed E-state index contributed by atoms with van der Waals surface area (Å²) in [5.41, 5.74) is 0. The first-order chi connectivity index (χ1) is 7.07. The van der Waals surface area contributed by atoms with E-state index in [0.29, 0.717) is 6.54 Å². The molecule has 1 heterocycles. The van der Waals surface area contributed by atoms with Crippen molar-refractivity contribution in [2.75, 3.05) is 12.4 Å². The summed E-state index contributed by atoms with van der Waals surface area (Å²) < 4.78 is 24.9. The van der Waals surface area contributed by atoms with E-state index in [0.717, 1.165) is 11.3 Å². The zero-order chi connectivity index (χ0) is 11.3. The predicted octanol–water partition coefficient (Wildman–Crippen LogP) is 0.722. The number of rotatable bonds is 6. The third-order valence-corrected chi connectivity index (χ3v) is 4.43. The van der Waals surface area contributed by atoms with Crippen LogP contribution in [-0.4, -0.2) is 25.9 Å². The Morgan fingerprint density at radius 3 is 2.60 bits per heavy atom. The van der Waals surface area contributed by atoms with Crippen LogP contribution in [0.5, 0.6) is 0 Å². The zero-order valence-electron chi connectivity index (χ0n) is 8.56. The molecule has 0 fully saturated rings. The van der Waals surface area contributed by atoms with Crippen molar-refractivity contribution < 1.29 is 13.5 Å². The molecule has 2 N–H and O–H groups in total. The van der Waals surface area contributed by atoms with Crippen LogP contribution in [-0.2, 0) is 23.0 Å². The molecule has 0 aliphatic rings. The second-order valence-electron chi connectivity index (χ2n) is 3.09. The van der Waals surface area contributed by atoms with Gasteiger partial charge in [0, 0.05) is 16.3 Å². The number of aliphatic hydroxyl groups is 1. The third-order valence-electron chi connectivity index (χ3n) is 1.89. The first-order valence-corrected chi connectivity index (χ1v) is 7.20. The van der Waals surface area contributed by atoms with E-state index < -0.39 is 10.0 Å². The molecule has 0 saturated heterocycles. The van der Waals surface area contributed by atoms with Gasteiger partial charge in [-0.1, -0.05) is 6.92 Å². The molecule has 0 spiro atoms. The molecule has 1 rings (SSSR count). The monoisotopic (exact) mass is 249 g/mol. The topological polar surface area (TPSA) is 66.4 Å². The summed E-state index contributed by atoms with van der Waals surface area (Å²) >= 11 is 1.60. The van der Waals surface area contributed by atoms with Crippen LogP contribution < -0.4 is 4.72 Å². The lowest BCUT2D eigenvalue weighted by atomic mass is 10.4. The SMILES string of the molecule is CCc1ccc(CNS(=O)(=O)CCO)s1. The van der Waals surface area contributed by atoms with Crippen LogP contribution in [0.3, 0.4) is 0 Å². The molecule has 0 radical (unpaired) electrons. The maximum atomic E-state index is 11.2. The number of sulfonamides is 1. The highest BCUT2D eigenvalue weighted by Gasteiger charge is 2.09. The minimum Gasteiger partial charge on any atom is -0.395 e. The summed E-state index contributed by atoms with van der Waals surface area (Å²) in [5, 5.41) is 8.52. The summed E-state index contributed by atoms with van der Waals surface area (Å²) in [6.07, 6.45) is 0.966. The van der Waals surface area contributed by atoms with Gasteiger partial charge in [-0.25, -0.2) is 13.1 Å². The fourth-order valence-electron chi connectivity index (χ4n) is 1.08. The van der Waals surface area contributed by atoms with Crippen molar-refractivity contribution in [2.24, 2.45) is 0 Å². The van der Waals surface area contributed by atoms with Gasteiger partial charge < -0.3 is 5.11 Å². The molecule has 0 bridgehead atoms. The Labute approximate surface area is 94.0 Å². The van der Waals surface area contributed by atoms with Crippen LogP contribution in [0.4, 0.5) is 0 Å². The number of nitrogens with one attached hydrogen (secondary N) is 1. The molecule has 86 valence electrons. The number of thiophene rings is 1. The lowest BCUT2D eigenvalue weighted by Crippen LogP contribution is -2.27. The van der Waals surface area contributed by atoms with E-state index in [1.54, 1.807) is 11.3 Å². The first kappa shape index (κ1) is 12.6. The molecule has 0 aliphatic heterocycles. The van der Waals surface area contributed by atoms with E-state index >= 15 is 0 Å². The smallest absolute Gasteiger partial charge is 0.214 e. The molecule has 15 heavy (non-hydrogen) atoms. The lowest BCUT2D eigenvalue weighted by molar-refractivity contribution is 0.319. The molecule has 1 aromatic rings. The molecule has 1 aromatic heterocycles. The minimum atomic E-state index is -3.32. The van der Waals surface area contributed by atoms with Crippen molar-refractivity contribution in [1.29, 1.82) is 0 Å². The number of hydrogen-bond donors (Lipinski definition) is 2. The van der Waals surface area contributed by atoms with Gasteiger partial charge >= 0.3 is 0 Å². The zero-order valence-corrected chi connectivity index (χ0v) is 10.2. The standard InChI is InChI=1S/C9H15NO3S2/c1-2-8-3-4-9(14-8)7-10-15(12,13)6-5-11/h3-4,10-11H,2,5-7H2,1H3. The Hall–Kier alpha value is -0.430.